The molecule has 0 aromatic rings. The van der Waals surface area contributed by atoms with E-state index in [-0.39, 0.29) is 0 Å². The Morgan fingerprint density at radius 1 is 1.35 bits per heavy atom. The fourth-order valence-electron chi connectivity index (χ4n) is 2.61. The fraction of sp³-hybridized carbons (Fsp3) is 0.923. The zero-order valence-corrected chi connectivity index (χ0v) is 11.1. The number of hydrogen-bond donors (Lipinski definition) is 2. The molecule has 0 radical (unpaired) electrons. The van der Waals surface area contributed by atoms with Gasteiger partial charge in [0.15, 0.2) is 0 Å². The van der Waals surface area contributed by atoms with Crippen LogP contribution in [0.25, 0.3) is 0 Å². The number of carboxylic acids is 1. The molecule has 0 aromatic heterocycles. The van der Waals surface area contributed by atoms with Gasteiger partial charge in [-0.1, -0.05) is 25.7 Å². The molecule has 0 bridgehead atoms. The molecule has 0 aliphatic heterocycles. The summed E-state index contributed by atoms with van der Waals surface area (Å²) in [5.74, 6) is -0.748. The Morgan fingerprint density at radius 2 is 1.94 bits per heavy atom. The zero-order chi connectivity index (χ0) is 12.7. The molecule has 1 fully saturated rings. The minimum atomic E-state index is -0.748. The number of nitrogens with zero attached hydrogens (tertiary/aromatic N) is 1. The normalized spacial score (nSPS) is 20.2. The van der Waals surface area contributed by atoms with Crippen LogP contribution in [0.15, 0.2) is 0 Å². The van der Waals surface area contributed by atoms with Crippen LogP contribution in [0.5, 0.6) is 0 Å². The van der Waals surface area contributed by atoms with Crippen LogP contribution in [0.1, 0.15) is 44.9 Å². The Morgan fingerprint density at radius 3 is 2.41 bits per heavy atom. The van der Waals surface area contributed by atoms with Crippen molar-refractivity contribution in [2.75, 3.05) is 20.6 Å². The van der Waals surface area contributed by atoms with Gasteiger partial charge in [-0.3, -0.25) is 4.79 Å². The van der Waals surface area contributed by atoms with Crippen LogP contribution in [0, 0.1) is 0 Å². The minimum absolute atomic E-state index is 0.414. The first kappa shape index (κ1) is 14.5. The summed E-state index contributed by atoms with van der Waals surface area (Å²) in [6, 6.07) is 0.243. The molecule has 0 heterocycles. The van der Waals surface area contributed by atoms with Crippen LogP contribution in [0.2, 0.25) is 0 Å². The van der Waals surface area contributed by atoms with Crippen molar-refractivity contribution in [1.82, 2.24) is 10.2 Å². The maximum Gasteiger partial charge on any atom is 0.320 e. The number of nitrogens with one attached hydrogen (secondary N) is 1. The zero-order valence-electron chi connectivity index (χ0n) is 11.1. The van der Waals surface area contributed by atoms with Crippen molar-refractivity contribution in [2.45, 2.75) is 57.0 Å². The molecule has 1 rings (SSSR count). The van der Waals surface area contributed by atoms with Crippen LogP contribution in [-0.2, 0) is 4.79 Å². The van der Waals surface area contributed by atoms with Gasteiger partial charge in [0.2, 0.25) is 0 Å². The Balaban J connectivity index is 2.31. The van der Waals surface area contributed by atoms with Gasteiger partial charge < -0.3 is 15.3 Å². The molecule has 1 saturated carbocycles. The number of hydrogen-bond acceptors (Lipinski definition) is 3. The Labute approximate surface area is 104 Å². The molecule has 2 N–H and O–H groups in total. The van der Waals surface area contributed by atoms with E-state index in [0.717, 1.165) is 6.54 Å². The summed E-state index contributed by atoms with van der Waals surface area (Å²) in [5, 5.41) is 11.8. The molecule has 1 aliphatic rings. The number of likely N-dealkylation sites (N-methyl/N-ethyl adjacent to an activating group) is 1. The van der Waals surface area contributed by atoms with Crippen LogP contribution >= 0.6 is 0 Å². The lowest BCUT2D eigenvalue weighted by Crippen LogP contribution is -2.39. The highest BCUT2D eigenvalue weighted by atomic mass is 16.4. The van der Waals surface area contributed by atoms with Gasteiger partial charge in [0.25, 0.3) is 0 Å². The summed E-state index contributed by atoms with van der Waals surface area (Å²) >= 11 is 0. The first-order valence-corrected chi connectivity index (χ1v) is 6.75. The van der Waals surface area contributed by atoms with Crippen molar-refractivity contribution < 1.29 is 9.90 Å². The summed E-state index contributed by atoms with van der Waals surface area (Å²) in [4.78, 5) is 13.2. The Hall–Kier alpha value is -0.610. The van der Waals surface area contributed by atoms with E-state index in [2.05, 4.69) is 17.3 Å². The van der Waals surface area contributed by atoms with Crippen LogP contribution in [0.3, 0.4) is 0 Å². The third kappa shape index (κ3) is 5.04. The van der Waals surface area contributed by atoms with Crippen LogP contribution < -0.4 is 5.32 Å². The van der Waals surface area contributed by atoms with Gasteiger partial charge in [0.05, 0.1) is 0 Å². The number of rotatable bonds is 6. The van der Waals surface area contributed by atoms with Crippen LogP contribution in [0.4, 0.5) is 0 Å². The van der Waals surface area contributed by atoms with E-state index in [1.807, 2.05) is 0 Å². The highest BCUT2D eigenvalue weighted by Crippen LogP contribution is 2.21. The molecule has 4 nitrogen and oxygen atoms in total. The summed E-state index contributed by atoms with van der Waals surface area (Å²) in [6.45, 7) is 0.864. The van der Waals surface area contributed by atoms with Gasteiger partial charge in [-0.05, 0) is 33.4 Å². The van der Waals surface area contributed by atoms with Gasteiger partial charge in [-0.25, -0.2) is 0 Å². The van der Waals surface area contributed by atoms with Crippen molar-refractivity contribution in [1.29, 1.82) is 0 Å². The van der Waals surface area contributed by atoms with E-state index >= 15 is 0 Å². The van der Waals surface area contributed by atoms with Gasteiger partial charge in [0.1, 0.15) is 6.04 Å². The molecule has 0 amide bonds. The van der Waals surface area contributed by atoms with E-state index in [1.165, 1.54) is 38.5 Å². The molecule has 1 aliphatic carbocycles. The monoisotopic (exact) mass is 242 g/mol. The van der Waals surface area contributed by atoms with Gasteiger partial charge >= 0.3 is 5.97 Å². The standard InChI is InChI=1S/C13H26N2O2/c1-14-12(13(16)17)9-10-15(2)11-7-5-3-4-6-8-11/h11-12,14H,3-10H2,1-2H3,(H,16,17). The summed E-state index contributed by atoms with van der Waals surface area (Å²) < 4.78 is 0. The predicted molar refractivity (Wildman–Crippen MR) is 69.2 cm³/mol. The second-order valence-corrected chi connectivity index (χ2v) is 5.09. The molecule has 0 spiro atoms. The lowest BCUT2D eigenvalue weighted by atomic mass is 10.1. The molecular formula is C13H26N2O2. The average molecular weight is 242 g/mol. The third-order valence-electron chi connectivity index (χ3n) is 3.87. The van der Waals surface area contributed by atoms with E-state index in [4.69, 9.17) is 5.11 Å². The topological polar surface area (TPSA) is 52.6 Å². The van der Waals surface area contributed by atoms with Crippen molar-refractivity contribution in [3.8, 4) is 0 Å². The fourth-order valence-corrected chi connectivity index (χ4v) is 2.61. The molecule has 1 atom stereocenters. The van der Waals surface area contributed by atoms with E-state index in [0.29, 0.717) is 12.5 Å². The van der Waals surface area contributed by atoms with Gasteiger partial charge in [0, 0.05) is 12.6 Å². The quantitative estimate of drug-likeness (QED) is 0.696. The molecular weight excluding hydrogens is 216 g/mol. The van der Waals surface area contributed by atoms with Gasteiger partial charge in [-0.15, -0.1) is 0 Å². The third-order valence-corrected chi connectivity index (χ3v) is 3.87. The van der Waals surface area contributed by atoms with Crippen LogP contribution in [-0.4, -0.2) is 48.7 Å². The minimum Gasteiger partial charge on any atom is -0.480 e. The summed E-state index contributed by atoms with van der Waals surface area (Å²) in [7, 11) is 3.84. The van der Waals surface area contributed by atoms with Crippen molar-refractivity contribution in [3.63, 3.8) is 0 Å². The van der Waals surface area contributed by atoms with E-state index in [9.17, 15) is 4.79 Å². The van der Waals surface area contributed by atoms with E-state index in [1.54, 1.807) is 7.05 Å². The number of carbonyl (C=O) groups is 1. The Kier molecular flexibility index (Phi) is 6.52. The average Bonchev–Trinajstić information content (AvgIpc) is 2.57. The first-order chi connectivity index (χ1) is 8.15. The molecule has 0 aromatic carbocycles. The smallest absolute Gasteiger partial charge is 0.320 e. The highest BCUT2D eigenvalue weighted by molar-refractivity contribution is 5.73. The van der Waals surface area contributed by atoms with E-state index < -0.39 is 12.0 Å². The number of carboxylic acid groups (broad SMARTS) is 1. The SMILES string of the molecule is CNC(CCN(C)C1CCCCCC1)C(=O)O. The lowest BCUT2D eigenvalue weighted by Gasteiger charge is -2.28. The largest absolute Gasteiger partial charge is 0.480 e. The molecule has 1 unspecified atom stereocenters. The molecule has 100 valence electrons. The second-order valence-electron chi connectivity index (χ2n) is 5.09. The maximum atomic E-state index is 10.9. The maximum absolute atomic E-state index is 10.9. The molecule has 4 heteroatoms. The van der Waals surface area contributed by atoms with Crippen molar-refractivity contribution in [2.24, 2.45) is 0 Å². The van der Waals surface area contributed by atoms with Gasteiger partial charge in [-0.2, -0.15) is 0 Å². The molecule has 17 heavy (non-hydrogen) atoms. The van der Waals surface area contributed by atoms with Crippen molar-refractivity contribution >= 4 is 5.97 Å². The summed E-state index contributed by atoms with van der Waals surface area (Å²) in [6.07, 6.45) is 8.59. The second kappa shape index (κ2) is 7.67. The molecule has 0 saturated heterocycles. The predicted octanol–water partition coefficient (Wildman–Crippen LogP) is 1.70. The summed E-state index contributed by atoms with van der Waals surface area (Å²) in [5.41, 5.74) is 0. The highest BCUT2D eigenvalue weighted by Gasteiger charge is 2.20. The van der Waals surface area contributed by atoms with Crippen molar-refractivity contribution in [3.05, 3.63) is 0 Å². The lowest BCUT2D eigenvalue weighted by molar-refractivity contribution is -0.139. The Bertz CT molecular complexity index is 225. The number of aliphatic carboxylic acids is 1. The first-order valence-electron chi connectivity index (χ1n) is 6.75.